The van der Waals surface area contributed by atoms with E-state index in [1.54, 1.807) is 12.1 Å². The zero-order valence-corrected chi connectivity index (χ0v) is 17.1. The number of hydrogen-bond acceptors (Lipinski definition) is 5. The molecule has 1 aliphatic heterocycles. The molecule has 0 aliphatic carbocycles. The van der Waals surface area contributed by atoms with Gasteiger partial charge in [0, 0.05) is 31.8 Å². The van der Waals surface area contributed by atoms with Crippen molar-refractivity contribution in [3.05, 3.63) is 65.0 Å². The summed E-state index contributed by atoms with van der Waals surface area (Å²) >= 11 is 0. The molecule has 0 atom stereocenters. The topological polar surface area (TPSA) is 99.1 Å². The lowest BCUT2D eigenvalue weighted by atomic mass is 10.1. The molecule has 0 fully saturated rings. The van der Waals surface area contributed by atoms with Gasteiger partial charge in [-0.15, -0.1) is 0 Å². The van der Waals surface area contributed by atoms with E-state index in [9.17, 15) is 13.2 Å². The second-order valence-corrected chi connectivity index (χ2v) is 9.08. The Hall–Kier alpha value is -3.33. The van der Waals surface area contributed by atoms with Crippen molar-refractivity contribution in [1.29, 1.82) is 0 Å². The zero-order valence-electron chi connectivity index (χ0n) is 16.3. The Balaban J connectivity index is 1.54. The summed E-state index contributed by atoms with van der Waals surface area (Å²) in [4.78, 5) is 16.5. The average Bonchev–Trinajstić information content (AvgIpc) is 3.29. The second kappa shape index (κ2) is 6.88. The molecule has 30 heavy (non-hydrogen) atoms. The quantitative estimate of drug-likeness (QED) is 0.543. The number of benzene rings is 2. The molecule has 0 saturated heterocycles. The highest BCUT2D eigenvalue weighted by atomic mass is 32.2. The molecule has 8 nitrogen and oxygen atoms in total. The van der Waals surface area contributed by atoms with Gasteiger partial charge in [-0.2, -0.15) is 0 Å². The zero-order chi connectivity index (χ0) is 20.9. The summed E-state index contributed by atoms with van der Waals surface area (Å²) in [7, 11) is -2.35. The third kappa shape index (κ3) is 3.11. The third-order valence-electron chi connectivity index (χ3n) is 5.43. The number of rotatable bonds is 4. The van der Waals surface area contributed by atoms with E-state index >= 15 is 0 Å². The van der Waals surface area contributed by atoms with E-state index in [4.69, 9.17) is 9.40 Å². The van der Waals surface area contributed by atoms with Crippen molar-refractivity contribution in [3.63, 3.8) is 0 Å². The Morgan fingerprint density at radius 2 is 1.97 bits per heavy atom. The molecule has 154 valence electrons. The van der Waals surface area contributed by atoms with Crippen LogP contribution >= 0.6 is 0 Å². The molecule has 0 spiro atoms. The van der Waals surface area contributed by atoms with E-state index in [1.807, 2.05) is 18.3 Å². The van der Waals surface area contributed by atoms with Gasteiger partial charge in [-0.05, 0) is 37.1 Å². The smallest absolute Gasteiger partial charge is 0.408 e. The lowest BCUT2D eigenvalue weighted by Crippen LogP contribution is -2.14. The second-order valence-electron chi connectivity index (χ2n) is 7.40. The van der Waals surface area contributed by atoms with Crippen molar-refractivity contribution >= 4 is 26.8 Å². The molecule has 2 aromatic carbocycles. The molecule has 4 aromatic rings. The van der Waals surface area contributed by atoms with Crippen LogP contribution in [0.1, 0.15) is 18.7 Å². The number of sulfonamides is 1. The fourth-order valence-corrected chi connectivity index (χ4v) is 4.91. The van der Waals surface area contributed by atoms with Gasteiger partial charge in [0.2, 0.25) is 0 Å². The molecule has 0 amide bonds. The van der Waals surface area contributed by atoms with E-state index in [1.165, 1.54) is 29.8 Å². The standard InChI is InChI=1S/C21H20N4O4S/c1-24-18-12-14(9-10-19(18)29-21(24)26)30(27,28)23-16-7-3-2-6-15(16)17-13-25-11-5-4-8-20(25)22-17/h2-3,6-7,9-10,12-13,23H,4-5,8,11H2,1H3. The summed E-state index contributed by atoms with van der Waals surface area (Å²) in [6.07, 6.45) is 5.14. The molecule has 0 radical (unpaired) electrons. The first kappa shape index (κ1) is 18.7. The molecule has 2 aromatic heterocycles. The van der Waals surface area contributed by atoms with Gasteiger partial charge >= 0.3 is 5.76 Å². The predicted octanol–water partition coefficient (Wildman–Crippen LogP) is 3.13. The van der Waals surface area contributed by atoms with E-state index in [2.05, 4.69) is 9.29 Å². The van der Waals surface area contributed by atoms with Gasteiger partial charge in [0.25, 0.3) is 10.0 Å². The maximum Gasteiger partial charge on any atom is 0.419 e. The number of aryl methyl sites for hydroxylation is 3. The van der Waals surface area contributed by atoms with Crippen molar-refractivity contribution in [3.8, 4) is 11.3 Å². The Morgan fingerprint density at radius 1 is 1.13 bits per heavy atom. The van der Waals surface area contributed by atoms with Crippen molar-refractivity contribution < 1.29 is 12.8 Å². The predicted molar refractivity (Wildman–Crippen MR) is 113 cm³/mol. The molecule has 1 aliphatic rings. The molecule has 1 N–H and O–H groups in total. The molecular formula is C21H20N4O4S. The van der Waals surface area contributed by atoms with Crippen LogP contribution in [0, 0.1) is 0 Å². The van der Waals surface area contributed by atoms with Gasteiger partial charge in [-0.1, -0.05) is 18.2 Å². The van der Waals surface area contributed by atoms with Crippen LogP contribution in [-0.4, -0.2) is 22.5 Å². The van der Waals surface area contributed by atoms with E-state index in [-0.39, 0.29) is 4.90 Å². The summed E-state index contributed by atoms with van der Waals surface area (Å²) < 4.78 is 37.3. The highest BCUT2D eigenvalue weighted by molar-refractivity contribution is 7.92. The number of nitrogens with one attached hydrogen (secondary N) is 1. The van der Waals surface area contributed by atoms with Crippen LogP contribution in [-0.2, 0) is 30.0 Å². The van der Waals surface area contributed by atoms with Gasteiger partial charge in [-0.3, -0.25) is 9.29 Å². The SMILES string of the molecule is Cn1c(=O)oc2ccc(S(=O)(=O)Nc3ccccc3-c3cn4c(n3)CCCC4)cc21. The lowest BCUT2D eigenvalue weighted by molar-refractivity contribution is 0.522. The van der Waals surface area contributed by atoms with Gasteiger partial charge in [-0.25, -0.2) is 18.2 Å². The van der Waals surface area contributed by atoms with Crippen molar-refractivity contribution in [2.24, 2.45) is 7.05 Å². The maximum atomic E-state index is 13.1. The number of fused-ring (bicyclic) bond motifs is 2. The fraction of sp³-hybridized carbons (Fsp3) is 0.238. The largest absolute Gasteiger partial charge is 0.419 e. The normalized spacial score (nSPS) is 14.0. The number of hydrogen-bond donors (Lipinski definition) is 1. The van der Waals surface area contributed by atoms with Gasteiger partial charge < -0.3 is 8.98 Å². The molecule has 5 rings (SSSR count). The number of para-hydroxylation sites is 1. The monoisotopic (exact) mass is 424 g/mol. The van der Waals surface area contributed by atoms with E-state index in [0.29, 0.717) is 16.8 Å². The van der Waals surface area contributed by atoms with E-state index < -0.39 is 15.8 Å². The summed E-state index contributed by atoms with van der Waals surface area (Å²) in [6, 6.07) is 11.6. The van der Waals surface area contributed by atoms with Crippen LogP contribution in [0.25, 0.3) is 22.4 Å². The minimum Gasteiger partial charge on any atom is -0.408 e. The number of nitrogens with zero attached hydrogens (tertiary/aromatic N) is 3. The van der Waals surface area contributed by atoms with Crippen LogP contribution in [0.3, 0.4) is 0 Å². The Bertz CT molecular complexity index is 1410. The summed E-state index contributed by atoms with van der Waals surface area (Å²) in [6.45, 7) is 0.930. The van der Waals surface area contributed by atoms with Crippen molar-refractivity contribution in [2.45, 2.75) is 30.7 Å². The third-order valence-corrected chi connectivity index (χ3v) is 6.79. The highest BCUT2D eigenvalue weighted by Gasteiger charge is 2.20. The molecule has 3 heterocycles. The first-order valence-electron chi connectivity index (χ1n) is 9.70. The van der Waals surface area contributed by atoms with Crippen LogP contribution < -0.4 is 10.5 Å². The summed E-state index contributed by atoms with van der Waals surface area (Å²) in [5, 5.41) is 0. The van der Waals surface area contributed by atoms with Crippen LogP contribution in [0.4, 0.5) is 5.69 Å². The number of aromatic nitrogens is 3. The van der Waals surface area contributed by atoms with Crippen molar-refractivity contribution in [1.82, 2.24) is 14.1 Å². The number of oxazole rings is 1. The fourth-order valence-electron chi connectivity index (χ4n) is 3.82. The van der Waals surface area contributed by atoms with Crippen molar-refractivity contribution in [2.75, 3.05) is 4.72 Å². The average molecular weight is 424 g/mol. The Kier molecular flexibility index (Phi) is 4.28. The van der Waals surface area contributed by atoms with E-state index in [0.717, 1.165) is 42.9 Å². The summed E-state index contributed by atoms with van der Waals surface area (Å²) in [5.74, 6) is 0.488. The Morgan fingerprint density at radius 3 is 2.80 bits per heavy atom. The Labute approximate surface area is 172 Å². The minimum absolute atomic E-state index is 0.0466. The number of anilines is 1. The maximum absolute atomic E-state index is 13.1. The molecule has 0 unspecified atom stereocenters. The van der Waals surface area contributed by atoms with Crippen LogP contribution in [0.5, 0.6) is 0 Å². The minimum atomic E-state index is -3.89. The molecule has 9 heteroatoms. The molecule has 0 saturated carbocycles. The van der Waals surface area contributed by atoms with Gasteiger partial charge in [0.05, 0.1) is 21.8 Å². The van der Waals surface area contributed by atoms with Gasteiger partial charge in [0.1, 0.15) is 5.82 Å². The van der Waals surface area contributed by atoms with Crippen LogP contribution in [0.2, 0.25) is 0 Å². The van der Waals surface area contributed by atoms with Gasteiger partial charge in [0.15, 0.2) is 5.58 Å². The molecule has 0 bridgehead atoms. The molecular weight excluding hydrogens is 404 g/mol. The van der Waals surface area contributed by atoms with Crippen LogP contribution in [0.15, 0.2) is 62.8 Å². The number of imidazole rings is 1. The lowest BCUT2D eigenvalue weighted by Gasteiger charge is -2.12. The first-order chi connectivity index (χ1) is 14.4. The first-order valence-corrected chi connectivity index (χ1v) is 11.2. The summed E-state index contributed by atoms with van der Waals surface area (Å²) in [5.41, 5.74) is 2.68. The highest BCUT2D eigenvalue weighted by Crippen LogP contribution is 2.31.